The number of anilines is 1. The lowest BCUT2D eigenvalue weighted by Gasteiger charge is -2.26. The normalized spacial score (nSPS) is 14.9. The summed E-state index contributed by atoms with van der Waals surface area (Å²) in [7, 11) is 0. The molecule has 2 N–H and O–H groups in total. The Hall–Kier alpha value is -3.00. The second-order valence-corrected chi connectivity index (χ2v) is 5.49. The molecule has 1 aliphatic rings. The first-order valence-corrected chi connectivity index (χ1v) is 7.68. The van der Waals surface area contributed by atoms with E-state index in [0.717, 1.165) is 5.56 Å². The molecule has 1 saturated heterocycles. The summed E-state index contributed by atoms with van der Waals surface area (Å²) in [6, 6.07) is 9.31. The number of ether oxygens (including phenoxy) is 1. The third-order valence-electron chi connectivity index (χ3n) is 3.92. The number of nitrogens with two attached hydrogens (primary N) is 1. The standard InChI is InChI=1S/C16H16N6O2/c17-13-12-10-22(16(23)21-6-8-24-9-7-21)20-15(12)19-14(18-13)11-4-2-1-3-5-11/h1-5,10H,6-9H2,(H2,17,18,19,20). The van der Waals surface area contributed by atoms with Crippen molar-refractivity contribution >= 4 is 22.9 Å². The van der Waals surface area contributed by atoms with E-state index in [1.807, 2.05) is 30.3 Å². The summed E-state index contributed by atoms with van der Waals surface area (Å²) < 4.78 is 6.54. The summed E-state index contributed by atoms with van der Waals surface area (Å²) in [5, 5.41) is 4.85. The number of hydrogen-bond donors (Lipinski definition) is 1. The van der Waals surface area contributed by atoms with Crippen LogP contribution in [0.4, 0.5) is 10.6 Å². The van der Waals surface area contributed by atoms with E-state index in [1.165, 1.54) is 4.68 Å². The molecule has 1 aliphatic heterocycles. The van der Waals surface area contributed by atoms with Crippen molar-refractivity contribution < 1.29 is 9.53 Å². The molecule has 8 nitrogen and oxygen atoms in total. The average molecular weight is 324 g/mol. The first kappa shape index (κ1) is 14.6. The molecule has 3 aromatic rings. The zero-order chi connectivity index (χ0) is 16.5. The third kappa shape index (κ3) is 2.56. The quantitative estimate of drug-likeness (QED) is 0.726. The smallest absolute Gasteiger partial charge is 0.344 e. The molecule has 24 heavy (non-hydrogen) atoms. The number of amides is 1. The molecule has 0 atom stereocenters. The van der Waals surface area contributed by atoms with Gasteiger partial charge in [0.25, 0.3) is 0 Å². The van der Waals surface area contributed by atoms with Crippen LogP contribution in [0.2, 0.25) is 0 Å². The van der Waals surface area contributed by atoms with Crippen LogP contribution < -0.4 is 5.73 Å². The molecule has 0 aliphatic carbocycles. The zero-order valence-corrected chi connectivity index (χ0v) is 12.9. The van der Waals surface area contributed by atoms with Gasteiger partial charge < -0.3 is 15.4 Å². The van der Waals surface area contributed by atoms with Crippen molar-refractivity contribution in [3.05, 3.63) is 36.5 Å². The van der Waals surface area contributed by atoms with Gasteiger partial charge in [-0.3, -0.25) is 0 Å². The number of nitrogen functional groups attached to an aromatic ring is 1. The highest BCUT2D eigenvalue weighted by molar-refractivity contribution is 5.89. The fourth-order valence-corrected chi connectivity index (χ4v) is 2.64. The molecule has 122 valence electrons. The minimum Gasteiger partial charge on any atom is -0.383 e. The van der Waals surface area contributed by atoms with Gasteiger partial charge in [-0.2, -0.15) is 4.68 Å². The van der Waals surface area contributed by atoms with Crippen molar-refractivity contribution in [2.45, 2.75) is 0 Å². The maximum Gasteiger partial charge on any atom is 0.344 e. The average Bonchev–Trinajstić information content (AvgIpc) is 3.07. The largest absolute Gasteiger partial charge is 0.383 e. The Morgan fingerprint density at radius 2 is 1.88 bits per heavy atom. The Kier molecular flexibility index (Phi) is 3.58. The first-order valence-electron chi connectivity index (χ1n) is 7.68. The van der Waals surface area contributed by atoms with Crippen molar-refractivity contribution in [3.8, 4) is 11.4 Å². The number of hydrogen-bond acceptors (Lipinski definition) is 6. The van der Waals surface area contributed by atoms with Crippen LogP contribution >= 0.6 is 0 Å². The molecule has 0 radical (unpaired) electrons. The fraction of sp³-hybridized carbons (Fsp3) is 0.250. The lowest BCUT2D eigenvalue weighted by molar-refractivity contribution is 0.0529. The van der Waals surface area contributed by atoms with Crippen LogP contribution in [0.15, 0.2) is 36.5 Å². The van der Waals surface area contributed by atoms with Crippen LogP contribution in [-0.2, 0) is 4.74 Å². The van der Waals surface area contributed by atoms with Crippen LogP contribution in [0.3, 0.4) is 0 Å². The fourth-order valence-electron chi connectivity index (χ4n) is 2.64. The van der Waals surface area contributed by atoms with Gasteiger partial charge in [0.2, 0.25) is 0 Å². The zero-order valence-electron chi connectivity index (χ0n) is 12.9. The molecule has 0 bridgehead atoms. The first-order chi connectivity index (χ1) is 11.7. The minimum atomic E-state index is -0.211. The van der Waals surface area contributed by atoms with E-state index in [0.29, 0.717) is 49.0 Å². The highest BCUT2D eigenvalue weighted by atomic mass is 16.5. The van der Waals surface area contributed by atoms with E-state index in [4.69, 9.17) is 10.5 Å². The minimum absolute atomic E-state index is 0.211. The monoisotopic (exact) mass is 324 g/mol. The van der Waals surface area contributed by atoms with E-state index in [1.54, 1.807) is 11.1 Å². The van der Waals surface area contributed by atoms with Crippen LogP contribution in [0.1, 0.15) is 0 Å². The van der Waals surface area contributed by atoms with Crippen molar-refractivity contribution in [2.24, 2.45) is 0 Å². The van der Waals surface area contributed by atoms with Gasteiger partial charge in [-0.05, 0) is 0 Å². The summed E-state index contributed by atoms with van der Waals surface area (Å²) in [6.07, 6.45) is 1.58. The Labute approximate surface area is 137 Å². The molecule has 1 aromatic carbocycles. The molecule has 0 spiro atoms. The Balaban J connectivity index is 1.72. The van der Waals surface area contributed by atoms with Gasteiger partial charge in [0.15, 0.2) is 11.5 Å². The summed E-state index contributed by atoms with van der Waals surface area (Å²) >= 11 is 0. The van der Waals surface area contributed by atoms with E-state index in [2.05, 4.69) is 15.1 Å². The van der Waals surface area contributed by atoms with Gasteiger partial charge in [0, 0.05) is 24.8 Å². The Morgan fingerprint density at radius 1 is 1.12 bits per heavy atom. The molecular weight excluding hydrogens is 308 g/mol. The van der Waals surface area contributed by atoms with Crippen LogP contribution in [-0.4, -0.2) is 57.0 Å². The highest BCUT2D eigenvalue weighted by Crippen LogP contribution is 2.22. The predicted octanol–water partition coefficient (Wildman–Crippen LogP) is 1.38. The molecule has 3 heterocycles. The molecular formula is C16H16N6O2. The van der Waals surface area contributed by atoms with Gasteiger partial charge in [0.1, 0.15) is 5.82 Å². The maximum atomic E-state index is 12.5. The number of rotatable bonds is 1. The van der Waals surface area contributed by atoms with Crippen molar-refractivity contribution in [1.29, 1.82) is 0 Å². The highest BCUT2D eigenvalue weighted by Gasteiger charge is 2.21. The molecule has 1 amide bonds. The van der Waals surface area contributed by atoms with Gasteiger partial charge in [-0.25, -0.2) is 14.8 Å². The van der Waals surface area contributed by atoms with Gasteiger partial charge >= 0.3 is 6.03 Å². The van der Waals surface area contributed by atoms with Crippen molar-refractivity contribution in [3.63, 3.8) is 0 Å². The molecule has 0 unspecified atom stereocenters. The molecule has 1 fully saturated rings. The number of benzene rings is 1. The molecule has 8 heteroatoms. The van der Waals surface area contributed by atoms with Gasteiger partial charge in [-0.15, -0.1) is 5.10 Å². The van der Waals surface area contributed by atoms with E-state index in [9.17, 15) is 4.79 Å². The maximum absolute atomic E-state index is 12.5. The second-order valence-electron chi connectivity index (χ2n) is 5.49. The van der Waals surface area contributed by atoms with Gasteiger partial charge in [-0.1, -0.05) is 30.3 Å². The Morgan fingerprint density at radius 3 is 2.62 bits per heavy atom. The van der Waals surface area contributed by atoms with Crippen LogP contribution in [0.5, 0.6) is 0 Å². The van der Waals surface area contributed by atoms with Crippen molar-refractivity contribution in [1.82, 2.24) is 24.6 Å². The van der Waals surface area contributed by atoms with Crippen LogP contribution in [0, 0.1) is 0 Å². The number of carbonyl (C=O) groups is 1. The summed E-state index contributed by atoms with van der Waals surface area (Å²) in [5.41, 5.74) is 7.29. The Bertz CT molecular complexity index is 886. The predicted molar refractivity (Wildman–Crippen MR) is 88.4 cm³/mol. The number of morpholine rings is 1. The second kappa shape index (κ2) is 5.89. The van der Waals surface area contributed by atoms with Crippen molar-refractivity contribution in [2.75, 3.05) is 32.0 Å². The van der Waals surface area contributed by atoms with Crippen LogP contribution in [0.25, 0.3) is 22.4 Å². The van der Waals surface area contributed by atoms with E-state index < -0.39 is 0 Å². The lowest BCUT2D eigenvalue weighted by Crippen LogP contribution is -2.43. The topological polar surface area (TPSA) is 99.2 Å². The summed E-state index contributed by atoms with van der Waals surface area (Å²) in [6.45, 7) is 2.16. The molecule has 0 saturated carbocycles. The third-order valence-corrected chi connectivity index (χ3v) is 3.92. The lowest BCUT2D eigenvalue weighted by atomic mass is 10.2. The molecule has 2 aromatic heterocycles. The van der Waals surface area contributed by atoms with E-state index in [-0.39, 0.29) is 6.03 Å². The number of fused-ring (bicyclic) bond motifs is 1. The number of aromatic nitrogens is 4. The van der Waals surface area contributed by atoms with E-state index >= 15 is 0 Å². The summed E-state index contributed by atoms with van der Waals surface area (Å²) in [5.74, 6) is 0.796. The number of nitrogens with zero attached hydrogens (tertiary/aromatic N) is 5. The van der Waals surface area contributed by atoms with Gasteiger partial charge in [0.05, 0.1) is 18.6 Å². The summed E-state index contributed by atoms with van der Waals surface area (Å²) in [4.78, 5) is 23.0. The number of carbonyl (C=O) groups excluding carboxylic acids is 1. The molecule has 4 rings (SSSR count). The SMILES string of the molecule is Nc1nc(-c2ccccc2)nc2nn(C(=O)N3CCOCC3)cc12.